The summed E-state index contributed by atoms with van der Waals surface area (Å²) in [6.07, 6.45) is -0.702. The number of aromatic nitrogens is 2. The van der Waals surface area contributed by atoms with Crippen molar-refractivity contribution in [2.45, 2.75) is 19.6 Å². The van der Waals surface area contributed by atoms with Gasteiger partial charge in [0.15, 0.2) is 0 Å². The highest BCUT2D eigenvalue weighted by Crippen LogP contribution is 2.25. The van der Waals surface area contributed by atoms with Crippen LogP contribution in [-0.2, 0) is 6.54 Å². The van der Waals surface area contributed by atoms with Crippen LogP contribution in [0.1, 0.15) is 0 Å². The zero-order chi connectivity index (χ0) is 10.7. The van der Waals surface area contributed by atoms with E-state index in [1.807, 2.05) is 6.20 Å². The third kappa shape index (κ3) is 2.76. The summed E-state index contributed by atoms with van der Waals surface area (Å²) in [6, 6.07) is 0. The van der Waals surface area contributed by atoms with Crippen molar-refractivity contribution >= 4 is 11.6 Å². The summed E-state index contributed by atoms with van der Waals surface area (Å²) in [5.41, 5.74) is 0. The van der Waals surface area contributed by atoms with Crippen molar-refractivity contribution in [1.29, 1.82) is 0 Å². The van der Waals surface area contributed by atoms with Crippen molar-refractivity contribution in [1.82, 2.24) is 9.78 Å². The molecule has 0 N–H and O–H groups in total. The van der Waals surface area contributed by atoms with Crippen LogP contribution < -0.4 is 4.74 Å². The lowest BCUT2D eigenvalue weighted by Crippen LogP contribution is -2.13. The van der Waals surface area contributed by atoms with Gasteiger partial charge in [0.2, 0.25) is 5.88 Å². The molecule has 0 aliphatic heterocycles. The maximum Gasteiger partial charge on any atom is 0.388 e. The van der Waals surface area contributed by atoms with E-state index < -0.39 is 25.5 Å². The third-order valence-corrected chi connectivity index (χ3v) is 1.45. The lowest BCUT2D eigenvalue weighted by atomic mass is 10.6. The van der Waals surface area contributed by atoms with Crippen molar-refractivity contribution in [2.75, 3.05) is 0 Å². The molecule has 8 heteroatoms. The molecular weight excluding hydrogens is 228 g/mol. The molecule has 0 atom stereocenters. The van der Waals surface area contributed by atoms with Gasteiger partial charge in [0, 0.05) is 0 Å². The Balaban J connectivity index is 2.82. The topological polar surface area (TPSA) is 27.1 Å². The Kier molecular flexibility index (Phi) is 3.56. The lowest BCUT2D eigenvalue weighted by molar-refractivity contribution is -0.0572. The fourth-order valence-corrected chi connectivity index (χ4v) is 0.942. The second-order valence-corrected chi connectivity index (χ2v) is 2.56. The summed E-state index contributed by atoms with van der Waals surface area (Å²) in [6.45, 7) is -4.01. The minimum atomic E-state index is -3.14. The molecule has 1 rings (SSSR count). The Morgan fingerprint density at radius 2 is 2.07 bits per heavy atom. The van der Waals surface area contributed by atoms with Crippen LogP contribution in [0.4, 0.5) is 17.6 Å². The molecule has 0 aliphatic carbocycles. The van der Waals surface area contributed by atoms with Gasteiger partial charge in [0.1, 0.15) is 17.8 Å². The third-order valence-electron chi connectivity index (χ3n) is 1.20. The quantitative estimate of drug-likeness (QED) is 0.743. The van der Waals surface area contributed by atoms with Gasteiger partial charge in [0.25, 0.3) is 6.43 Å². The van der Waals surface area contributed by atoms with Crippen LogP contribution >= 0.6 is 11.6 Å². The van der Waals surface area contributed by atoms with Gasteiger partial charge in [-0.15, -0.1) is 0 Å². The Labute approximate surface area is 81.2 Å². The summed E-state index contributed by atoms with van der Waals surface area (Å²) in [5.74, 6) is -0.609. The predicted octanol–water partition coefficient (Wildman–Crippen LogP) is 2.20. The van der Waals surface area contributed by atoms with E-state index in [-0.39, 0.29) is 5.02 Å². The van der Waals surface area contributed by atoms with Gasteiger partial charge in [-0.25, -0.2) is 13.5 Å². The minimum Gasteiger partial charge on any atom is -0.416 e. The average Bonchev–Trinajstić information content (AvgIpc) is 2.34. The molecule has 0 fully saturated rings. The molecule has 0 aliphatic rings. The van der Waals surface area contributed by atoms with Crippen LogP contribution in [0, 0.1) is 6.20 Å². The number of alkyl halides is 4. The Morgan fingerprint density at radius 1 is 1.43 bits per heavy atom. The average molecular weight is 232 g/mol. The van der Waals surface area contributed by atoms with Gasteiger partial charge in [-0.1, -0.05) is 11.6 Å². The Hall–Kier alpha value is -0.980. The van der Waals surface area contributed by atoms with Gasteiger partial charge in [-0.05, 0) is 0 Å². The second kappa shape index (κ2) is 4.50. The molecule has 1 heterocycles. The molecule has 3 nitrogen and oxygen atoms in total. The maximum absolute atomic E-state index is 11.9. The molecule has 0 spiro atoms. The highest BCUT2D eigenvalue weighted by atomic mass is 35.5. The summed E-state index contributed by atoms with van der Waals surface area (Å²) in [7, 11) is 0. The number of hydrogen-bond donors (Lipinski definition) is 0. The predicted molar refractivity (Wildman–Crippen MR) is 38.7 cm³/mol. The van der Waals surface area contributed by atoms with Crippen LogP contribution in [0.5, 0.6) is 5.88 Å². The van der Waals surface area contributed by atoms with Crippen molar-refractivity contribution < 1.29 is 22.3 Å². The molecule has 14 heavy (non-hydrogen) atoms. The van der Waals surface area contributed by atoms with E-state index in [9.17, 15) is 17.6 Å². The van der Waals surface area contributed by atoms with Gasteiger partial charge < -0.3 is 4.74 Å². The van der Waals surface area contributed by atoms with Gasteiger partial charge in [-0.2, -0.15) is 13.9 Å². The molecule has 0 bridgehead atoms. The normalized spacial score (nSPS) is 11.4. The largest absolute Gasteiger partial charge is 0.416 e. The molecule has 1 aromatic heterocycles. The number of halogens is 5. The van der Waals surface area contributed by atoms with Crippen molar-refractivity contribution in [3.8, 4) is 5.88 Å². The van der Waals surface area contributed by atoms with Crippen LogP contribution in [0.25, 0.3) is 0 Å². The molecule has 0 amide bonds. The second-order valence-electron chi connectivity index (χ2n) is 2.18. The van der Waals surface area contributed by atoms with Gasteiger partial charge in [0.05, 0.1) is 0 Å². The number of ether oxygens (including phenoxy) is 1. The standard InChI is InChI=1S/C6H4ClF4N2O/c7-3-1-12-13(2-4(8)9)5(3)14-6(10)11/h4,6H,2H2. The molecule has 79 valence electrons. The minimum absolute atomic E-state index is 0.356. The van der Waals surface area contributed by atoms with E-state index in [0.717, 1.165) is 0 Å². The first-order valence-electron chi connectivity index (χ1n) is 3.37. The zero-order valence-electron chi connectivity index (χ0n) is 6.55. The van der Waals surface area contributed by atoms with E-state index in [4.69, 9.17) is 11.6 Å². The smallest absolute Gasteiger partial charge is 0.388 e. The molecule has 0 unspecified atom stereocenters. The van der Waals surface area contributed by atoms with E-state index in [1.165, 1.54) is 0 Å². The summed E-state index contributed by atoms with van der Waals surface area (Å²) < 4.78 is 51.7. The molecule has 0 saturated heterocycles. The van der Waals surface area contributed by atoms with Crippen molar-refractivity contribution in [3.63, 3.8) is 0 Å². The van der Waals surface area contributed by atoms with E-state index >= 15 is 0 Å². The first-order valence-corrected chi connectivity index (χ1v) is 3.75. The van der Waals surface area contributed by atoms with Gasteiger partial charge >= 0.3 is 6.61 Å². The monoisotopic (exact) mass is 231 g/mol. The zero-order valence-corrected chi connectivity index (χ0v) is 7.31. The van der Waals surface area contributed by atoms with Crippen molar-refractivity contribution in [2.24, 2.45) is 0 Å². The SMILES string of the molecule is FC(F)Cn1n[c]c(Cl)c1OC(F)F. The highest BCUT2D eigenvalue weighted by molar-refractivity contribution is 6.31. The highest BCUT2D eigenvalue weighted by Gasteiger charge is 2.18. The van der Waals surface area contributed by atoms with Crippen molar-refractivity contribution in [3.05, 3.63) is 11.2 Å². The summed E-state index contributed by atoms with van der Waals surface area (Å²) in [4.78, 5) is 0. The van der Waals surface area contributed by atoms with E-state index in [1.54, 1.807) is 0 Å². The van der Waals surface area contributed by atoms with E-state index in [0.29, 0.717) is 4.68 Å². The fourth-order valence-electron chi connectivity index (χ4n) is 0.762. The molecular formula is C6H4ClF4N2O. The fraction of sp³-hybridized carbons (Fsp3) is 0.500. The van der Waals surface area contributed by atoms with E-state index in [2.05, 4.69) is 9.84 Å². The first-order chi connectivity index (χ1) is 6.50. The number of hydrogen-bond acceptors (Lipinski definition) is 2. The molecule has 0 aromatic carbocycles. The summed E-state index contributed by atoms with van der Waals surface area (Å²) in [5, 5.41) is 2.87. The molecule has 0 saturated carbocycles. The Bertz CT molecular complexity index is 304. The first kappa shape index (κ1) is 11.1. The van der Waals surface area contributed by atoms with Crippen LogP contribution in [0.3, 0.4) is 0 Å². The van der Waals surface area contributed by atoms with Crippen LogP contribution in [0.15, 0.2) is 0 Å². The summed E-state index contributed by atoms with van der Waals surface area (Å²) >= 11 is 5.33. The van der Waals surface area contributed by atoms with Crippen LogP contribution in [0.2, 0.25) is 5.02 Å². The number of nitrogens with zero attached hydrogens (tertiary/aromatic N) is 2. The Morgan fingerprint density at radius 3 is 2.57 bits per heavy atom. The maximum atomic E-state index is 11.9. The van der Waals surface area contributed by atoms with Crippen LogP contribution in [-0.4, -0.2) is 22.8 Å². The number of rotatable bonds is 4. The molecule has 1 aromatic rings. The van der Waals surface area contributed by atoms with Gasteiger partial charge in [-0.3, -0.25) is 0 Å². The molecule has 1 radical (unpaired) electrons. The lowest BCUT2D eigenvalue weighted by Gasteiger charge is -2.07.